The van der Waals surface area contributed by atoms with Crippen LogP contribution in [0.1, 0.15) is 26.2 Å². The van der Waals surface area contributed by atoms with E-state index in [1.54, 1.807) is 0 Å². The van der Waals surface area contributed by atoms with E-state index in [1.165, 1.54) is 0 Å². The van der Waals surface area contributed by atoms with Crippen molar-refractivity contribution >= 4 is 11.9 Å². The molecule has 0 radical (unpaired) electrons. The third-order valence-corrected chi connectivity index (χ3v) is 1.14. The molecule has 0 aliphatic carbocycles. The summed E-state index contributed by atoms with van der Waals surface area (Å²) in [7, 11) is 0. The maximum Gasteiger partial charge on any atom is 0.449 e. The molecular formula is C7H12O5. The number of hydrogen-bond acceptors (Lipinski definition) is 4. The average Bonchev–Trinajstić information content (AvgIpc) is 2.03. The van der Waals surface area contributed by atoms with Crippen molar-refractivity contribution in [3.05, 3.63) is 0 Å². The quantitative estimate of drug-likeness (QED) is 0.289. The summed E-state index contributed by atoms with van der Waals surface area (Å²) in [6.45, 7) is 2.26. The van der Waals surface area contributed by atoms with Crippen LogP contribution in [0, 0.1) is 0 Å². The minimum atomic E-state index is -1.65. The van der Waals surface area contributed by atoms with Gasteiger partial charge in [-0.15, -0.1) is 0 Å². The van der Waals surface area contributed by atoms with E-state index in [2.05, 4.69) is 9.78 Å². The molecule has 0 aromatic carbocycles. The molecule has 0 aromatic heterocycles. The summed E-state index contributed by atoms with van der Waals surface area (Å²) in [5, 5.41) is 8.03. The van der Waals surface area contributed by atoms with Crippen molar-refractivity contribution in [2.45, 2.75) is 26.2 Å². The number of carbonyl (C=O) groups excluding carboxylic acids is 1. The van der Waals surface area contributed by atoms with Gasteiger partial charge in [-0.25, -0.2) is 9.59 Å². The van der Waals surface area contributed by atoms with E-state index >= 15 is 0 Å². The third-order valence-electron chi connectivity index (χ3n) is 1.14. The normalized spacial score (nSPS) is 9.42. The van der Waals surface area contributed by atoms with Crippen molar-refractivity contribution in [2.24, 2.45) is 0 Å². The Labute approximate surface area is 70.2 Å². The average molecular weight is 176 g/mol. The Hall–Kier alpha value is -1.10. The van der Waals surface area contributed by atoms with Gasteiger partial charge < -0.3 is 5.11 Å². The van der Waals surface area contributed by atoms with Crippen molar-refractivity contribution in [2.75, 3.05) is 6.61 Å². The van der Waals surface area contributed by atoms with E-state index in [9.17, 15) is 9.59 Å². The molecule has 0 rings (SSSR count). The van der Waals surface area contributed by atoms with Crippen molar-refractivity contribution < 1.29 is 24.5 Å². The summed E-state index contributed by atoms with van der Waals surface area (Å²) < 4.78 is 0. The number of hydrogen-bond donors (Lipinski definition) is 1. The van der Waals surface area contributed by atoms with Gasteiger partial charge in [0.15, 0.2) is 0 Å². The molecule has 0 aromatic rings. The summed E-state index contributed by atoms with van der Waals surface area (Å²) in [5.74, 6) is -3.03. The zero-order valence-electron chi connectivity index (χ0n) is 6.91. The van der Waals surface area contributed by atoms with Crippen LogP contribution in [-0.4, -0.2) is 23.7 Å². The van der Waals surface area contributed by atoms with Gasteiger partial charge in [-0.3, -0.25) is 4.89 Å². The van der Waals surface area contributed by atoms with Gasteiger partial charge in [0.25, 0.3) is 0 Å². The largest absolute Gasteiger partial charge is 0.473 e. The molecule has 0 unspecified atom stereocenters. The van der Waals surface area contributed by atoms with Gasteiger partial charge in [0.05, 0.1) is 6.61 Å². The van der Waals surface area contributed by atoms with Crippen LogP contribution in [0.15, 0.2) is 0 Å². The minimum absolute atomic E-state index is 0.243. The fourth-order valence-corrected chi connectivity index (χ4v) is 0.542. The molecule has 5 nitrogen and oxygen atoms in total. The molecule has 12 heavy (non-hydrogen) atoms. The number of carboxylic acids is 1. The lowest BCUT2D eigenvalue weighted by atomic mass is 10.3. The Bertz CT molecular complexity index is 154. The molecule has 0 bridgehead atoms. The number of carboxylic acid groups (broad SMARTS) is 1. The van der Waals surface area contributed by atoms with Crippen LogP contribution in [0.2, 0.25) is 0 Å². The lowest BCUT2D eigenvalue weighted by Gasteiger charge is -1.99. The molecule has 0 fully saturated rings. The summed E-state index contributed by atoms with van der Waals surface area (Å²) in [5.41, 5.74) is 0. The molecule has 0 saturated carbocycles. The molecule has 0 amide bonds. The standard InChI is InChI=1S/C7H12O5/c1-2-3-4-5-11-12-7(10)6(8)9/h2-5H2,1H3,(H,8,9). The van der Waals surface area contributed by atoms with Crippen LogP contribution < -0.4 is 0 Å². The lowest BCUT2D eigenvalue weighted by Crippen LogP contribution is -2.16. The molecule has 0 saturated heterocycles. The first-order valence-corrected chi connectivity index (χ1v) is 3.75. The Morgan fingerprint density at radius 3 is 2.50 bits per heavy atom. The number of rotatable bonds is 5. The monoisotopic (exact) mass is 176 g/mol. The maximum atomic E-state index is 10.2. The van der Waals surface area contributed by atoms with Crippen molar-refractivity contribution in [3.63, 3.8) is 0 Å². The molecular weight excluding hydrogens is 164 g/mol. The van der Waals surface area contributed by atoms with Crippen molar-refractivity contribution in [1.82, 2.24) is 0 Å². The number of carbonyl (C=O) groups is 2. The zero-order valence-corrected chi connectivity index (χ0v) is 6.91. The van der Waals surface area contributed by atoms with Gasteiger partial charge >= 0.3 is 11.9 Å². The second-order valence-electron chi connectivity index (χ2n) is 2.21. The number of aliphatic carboxylic acids is 1. The van der Waals surface area contributed by atoms with E-state index in [0.717, 1.165) is 19.3 Å². The smallest absolute Gasteiger partial charge is 0.449 e. The van der Waals surface area contributed by atoms with Crippen LogP contribution >= 0.6 is 0 Å². The maximum absolute atomic E-state index is 10.2. The molecule has 0 heterocycles. The third kappa shape index (κ3) is 5.67. The molecule has 1 N–H and O–H groups in total. The van der Waals surface area contributed by atoms with Gasteiger partial charge in [0, 0.05) is 0 Å². The van der Waals surface area contributed by atoms with Gasteiger partial charge in [0.1, 0.15) is 0 Å². The molecule has 0 aliphatic rings. The van der Waals surface area contributed by atoms with Gasteiger partial charge in [-0.1, -0.05) is 19.8 Å². The number of unbranched alkanes of at least 4 members (excludes halogenated alkanes) is 2. The van der Waals surface area contributed by atoms with E-state index in [1.807, 2.05) is 6.92 Å². The molecule has 0 atom stereocenters. The highest BCUT2D eigenvalue weighted by atomic mass is 17.2. The Balaban J connectivity index is 3.20. The van der Waals surface area contributed by atoms with E-state index in [0.29, 0.717) is 0 Å². The SMILES string of the molecule is CCCCCOOC(=O)C(=O)O. The molecule has 5 heteroatoms. The fourth-order valence-electron chi connectivity index (χ4n) is 0.542. The highest BCUT2D eigenvalue weighted by molar-refractivity contribution is 6.28. The Morgan fingerprint density at radius 2 is 2.00 bits per heavy atom. The van der Waals surface area contributed by atoms with Crippen LogP contribution in [0.3, 0.4) is 0 Å². The lowest BCUT2D eigenvalue weighted by molar-refractivity contribution is -0.272. The van der Waals surface area contributed by atoms with Gasteiger partial charge in [0.2, 0.25) is 0 Å². The second kappa shape index (κ2) is 6.60. The van der Waals surface area contributed by atoms with E-state index in [-0.39, 0.29) is 6.61 Å². The minimum Gasteiger partial charge on any atom is -0.473 e. The highest BCUT2D eigenvalue weighted by Crippen LogP contribution is 1.94. The summed E-state index contributed by atoms with van der Waals surface area (Å²) in [6, 6.07) is 0. The second-order valence-corrected chi connectivity index (χ2v) is 2.21. The van der Waals surface area contributed by atoms with Crippen molar-refractivity contribution in [1.29, 1.82) is 0 Å². The molecule has 70 valence electrons. The predicted octanol–water partition coefficient (Wildman–Crippen LogP) is 0.736. The predicted molar refractivity (Wildman–Crippen MR) is 39.2 cm³/mol. The topological polar surface area (TPSA) is 72.8 Å². The van der Waals surface area contributed by atoms with E-state index < -0.39 is 11.9 Å². The highest BCUT2D eigenvalue weighted by Gasteiger charge is 2.13. The summed E-state index contributed by atoms with van der Waals surface area (Å²) >= 11 is 0. The van der Waals surface area contributed by atoms with Gasteiger partial charge in [-0.05, 0) is 6.42 Å². The first kappa shape index (κ1) is 10.9. The van der Waals surface area contributed by atoms with Crippen molar-refractivity contribution in [3.8, 4) is 0 Å². The van der Waals surface area contributed by atoms with Crippen LogP contribution in [-0.2, 0) is 19.4 Å². The fraction of sp³-hybridized carbons (Fsp3) is 0.714. The summed E-state index contributed by atoms with van der Waals surface area (Å²) in [4.78, 5) is 28.3. The molecule has 0 spiro atoms. The van der Waals surface area contributed by atoms with E-state index in [4.69, 9.17) is 5.11 Å². The van der Waals surface area contributed by atoms with Crippen LogP contribution in [0.4, 0.5) is 0 Å². The van der Waals surface area contributed by atoms with Crippen LogP contribution in [0.25, 0.3) is 0 Å². The van der Waals surface area contributed by atoms with Gasteiger partial charge in [-0.2, -0.15) is 4.89 Å². The first-order valence-electron chi connectivity index (χ1n) is 3.75. The molecule has 0 aliphatic heterocycles. The first-order chi connectivity index (χ1) is 5.68. The zero-order chi connectivity index (χ0) is 9.40. The Kier molecular flexibility index (Phi) is 6.00. The summed E-state index contributed by atoms with van der Waals surface area (Å²) in [6.07, 6.45) is 2.74. The Morgan fingerprint density at radius 1 is 1.33 bits per heavy atom. The van der Waals surface area contributed by atoms with Crippen LogP contribution in [0.5, 0.6) is 0 Å².